The maximum absolute atomic E-state index is 5.39. The number of hydrogen-bond acceptors (Lipinski definition) is 4. The van der Waals surface area contributed by atoms with E-state index in [1.807, 2.05) is 47.0 Å². The lowest BCUT2D eigenvalue weighted by molar-refractivity contribution is 0.413. The van der Waals surface area contributed by atoms with Crippen LogP contribution in [-0.2, 0) is 0 Å². The van der Waals surface area contributed by atoms with Crippen LogP contribution in [0.5, 0.6) is 5.75 Å². The molecule has 0 bridgehead atoms. The van der Waals surface area contributed by atoms with E-state index >= 15 is 0 Å². The van der Waals surface area contributed by atoms with Gasteiger partial charge in [-0.1, -0.05) is 18.2 Å². The molecular formula is C14H12N4OS. The molecule has 3 rings (SSSR count). The van der Waals surface area contributed by atoms with Crippen molar-refractivity contribution in [2.75, 3.05) is 7.11 Å². The summed E-state index contributed by atoms with van der Waals surface area (Å²) in [6.07, 6.45) is 1.72. The van der Waals surface area contributed by atoms with Crippen LogP contribution in [0.3, 0.4) is 0 Å². The second-order valence-electron chi connectivity index (χ2n) is 4.07. The number of nitrogens with one attached hydrogen (secondary N) is 1. The highest BCUT2D eigenvalue weighted by Gasteiger charge is 2.14. The maximum Gasteiger partial charge on any atom is 0.200 e. The molecule has 5 nitrogen and oxygen atoms in total. The van der Waals surface area contributed by atoms with Gasteiger partial charge in [-0.15, -0.1) is 0 Å². The van der Waals surface area contributed by atoms with Crippen LogP contribution in [0.2, 0.25) is 0 Å². The Hall–Kier alpha value is -2.47. The topological polar surface area (TPSA) is 55.7 Å². The van der Waals surface area contributed by atoms with Crippen LogP contribution in [0.1, 0.15) is 0 Å². The van der Waals surface area contributed by atoms with Crippen molar-refractivity contribution in [3.8, 4) is 23.0 Å². The first kappa shape index (κ1) is 12.6. The second-order valence-corrected chi connectivity index (χ2v) is 4.46. The highest BCUT2D eigenvalue weighted by Crippen LogP contribution is 2.26. The Bertz CT molecular complexity index is 779. The predicted octanol–water partition coefficient (Wildman–Crippen LogP) is 3.00. The quantitative estimate of drug-likeness (QED) is 0.751. The zero-order valence-electron chi connectivity index (χ0n) is 10.8. The summed E-state index contributed by atoms with van der Waals surface area (Å²) in [7, 11) is 1.63. The smallest absolute Gasteiger partial charge is 0.200 e. The Morgan fingerprint density at radius 1 is 1.15 bits per heavy atom. The molecule has 2 aromatic heterocycles. The van der Waals surface area contributed by atoms with Gasteiger partial charge < -0.3 is 4.74 Å². The Morgan fingerprint density at radius 3 is 2.70 bits per heavy atom. The largest absolute Gasteiger partial charge is 0.495 e. The molecule has 0 unspecified atom stereocenters. The zero-order valence-corrected chi connectivity index (χ0v) is 11.6. The summed E-state index contributed by atoms with van der Waals surface area (Å²) in [5.41, 5.74) is 1.57. The van der Waals surface area contributed by atoms with Crippen molar-refractivity contribution in [3.05, 3.63) is 53.4 Å². The molecule has 20 heavy (non-hydrogen) atoms. The number of H-pyrrole nitrogens is 1. The first-order valence-electron chi connectivity index (χ1n) is 6.03. The van der Waals surface area contributed by atoms with Crippen molar-refractivity contribution in [2.24, 2.45) is 0 Å². The number of rotatable bonds is 3. The number of pyridine rings is 1. The SMILES string of the molecule is COc1ccccc1-n1c(-c2ccccn2)n[nH]c1=S. The molecule has 0 aliphatic carbocycles. The van der Waals surface area contributed by atoms with Crippen LogP contribution < -0.4 is 4.74 Å². The third kappa shape index (κ3) is 2.10. The standard InChI is InChI=1S/C14H12N4OS/c1-19-12-8-3-2-7-11(12)18-13(16-17-14(18)20)10-6-4-5-9-15-10/h2-9H,1H3,(H,17,20). The molecule has 3 aromatic rings. The summed E-state index contributed by atoms with van der Waals surface area (Å²) in [6, 6.07) is 13.3. The summed E-state index contributed by atoms with van der Waals surface area (Å²) < 4.78 is 7.70. The summed E-state index contributed by atoms with van der Waals surface area (Å²) >= 11 is 5.32. The second kappa shape index (κ2) is 5.26. The summed E-state index contributed by atoms with van der Waals surface area (Å²) in [5.74, 6) is 1.38. The number of ether oxygens (including phenoxy) is 1. The summed E-state index contributed by atoms with van der Waals surface area (Å²) in [6.45, 7) is 0. The van der Waals surface area contributed by atoms with Gasteiger partial charge in [0.2, 0.25) is 0 Å². The Balaban J connectivity index is 2.25. The molecule has 1 aromatic carbocycles. The van der Waals surface area contributed by atoms with Gasteiger partial charge in [-0.2, -0.15) is 5.10 Å². The number of aromatic amines is 1. The fourth-order valence-electron chi connectivity index (χ4n) is 2.00. The van der Waals surface area contributed by atoms with Gasteiger partial charge in [-0.25, -0.2) is 0 Å². The molecule has 0 atom stereocenters. The van der Waals surface area contributed by atoms with E-state index in [0.717, 1.165) is 17.1 Å². The van der Waals surface area contributed by atoms with E-state index in [2.05, 4.69) is 15.2 Å². The van der Waals surface area contributed by atoms with E-state index in [1.54, 1.807) is 13.3 Å². The first-order valence-corrected chi connectivity index (χ1v) is 6.44. The molecule has 2 heterocycles. The molecule has 0 saturated carbocycles. The van der Waals surface area contributed by atoms with Gasteiger partial charge in [-0.3, -0.25) is 14.6 Å². The Morgan fingerprint density at radius 2 is 1.95 bits per heavy atom. The lowest BCUT2D eigenvalue weighted by atomic mass is 10.2. The van der Waals surface area contributed by atoms with E-state index in [0.29, 0.717) is 10.6 Å². The van der Waals surface area contributed by atoms with Crippen LogP contribution in [-0.4, -0.2) is 26.9 Å². The van der Waals surface area contributed by atoms with Gasteiger partial charge in [0, 0.05) is 6.20 Å². The average molecular weight is 284 g/mol. The molecule has 0 radical (unpaired) electrons. The molecule has 0 amide bonds. The summed E-state index contributed by atoms with van der Waals surface area (Å²) in [5, 5.41) is 7.07. The van der Waals surface area contributed by atoms with Gasteiger partial charge in [0.05, 0.1) is 12.8 Å². The molecule has 0 spiro atoms. The van der Waals surface area contributed by atoms with Gasteiger partial charge in [0.15, 0.2) is 10.6 Å². The minimum atomic E-state index is 0.496. The average Bonchev–Trinajstić information content (AvgIpc) is 2.89. The third-order valence-corrected chi connectivity index (χ3v) is 3.17. The van der Waals surface area contributed by atoms with Gasteiger partial charge in [0.1, 0.15) is 11.4 Å². The van der Waals surface area contributed by atoms with Crippen LogP contribution in [0, 0.1) is 4.77 Å². The monoisotopic (exact) mass is 284 g/mol. The minimum Gasteiger partial charge on any atom is -0.495 e. The molecule has 0 saturated heterocycles. The van der Waals surface area contributed by atoms with E-state index in [-0.39, 0.29) is 0 Å². The lowest BCUT2D eigenvalue weighted by Gasteiger charge is -2.10. The highest BCUT2D eigenvalue weighted by atomic mass is 32.1. The molecule has 100 valence electrons. The Kier molecular flexibility index (Phi) is 3.30. The van der Waals surface area contributed by atoms with E-state index in [4.69, 9.17) is 17.0 Å². The normalized spacial score (nSPS) is 10.4. The fourth-order valence-corrected chi connectivity index (χ4v) is 2.23. The van der Waals surface area contributed by atoms with E-state index < -0.39 is 0 Å². The van der Waals surface area contributed by atoms with Crippen molar-refractivity contribution in [1.82, 2.24) is 19.7 Å². The molecule has 0 aliphatic rings. The van der Waals surface area contributed by atoms with Crippen molar-refractivity contribution in [3.63, 3.8) is 0 Å². The van der Waals surface area contributed by atoms with Crippen molar-refractivity contribution in [2.45, 2.75) is 0 Å². The van der Waals surface area contributed by atoms with E-state index in [1.165, 1.54) is 0 Å². The molecule has 0 fully saturated rings. The molecule has 0 aliphatic heterocycles. The van der Waals surface area contributed by atoms with Crippen LogP contribution in [0.15, 0.2) is 48.7 Å². The number of methoxy groups -OCH3 is 1. The van der Waals surface area contributed by atoms with Crippen LogP contribution in [0.25, 0.3) is 17.2 Å². The van der Waals surface area contributed by atoms with Gasteiger partial charge >= 0.3 is 0 Å². The minimum absolute atomic E-state index is 0.496. The summed E-state index contributed by atoms with van der Waals surface area (Å²) in [4.78, 5) is 4.31. The fraction of sp³-hybridized carbons (Fsp3) is 0.0714. The number of aromatic nitrogens is 4. The van der Waals surface area contributed by atoms with Gasteiger partial charge in [-0.05, 0) is 36.5 Å². The molecular weight excluding hydrogens is 272 g/mol. The maximum atomic E-state index is 5.39. The van der Waals surface area contributed by atoms with Crippen molar-refractivity contribution >= 4 is 12.2 Å². The van der Waals surface area contributed by atoms with Crippen LogP contribution in [0.4, 0.5) is 0 Å². The third-order valence-electron chi connectivity index (χ3n) is 2.89. The number of hydrogen-bond donors (Lipinski definition) is 1. The first-order chi connectivity index (χ1) is 9.81. The van der Waals surface area contributed by atoms with Gasteiger partial charge in [0.25, 0.3) is 0 Å². The highest BCUT2D eigenvalue weighted by molar-refractivity contribution is 7.71. The van der Waals surface area contributed by atoms with Crippen molar-refractivity contribution < 1.29 is 4.74 Å². The lowest BCUT2D eigenvalue weighted by Crippen LogP contribution is -2.01. The molecule has 6 heteroatoms. The molecule has 1 N–H and O–H groups in total. The van der Waals surface area contributed by atoms with Crippen LogP contribution >= 0.6 is 12.2 Å². The van der Waals surface area contributed by atoms with E-state index in [9.17, 15) is 0 Å². The zero-order chi connectivity index (χ0) is 13.9. The van der Waals surface area contributed by atoms with Crippen molar-refractivity contribution in [1.29, 1.82) is 0 Å². The number of para-hydroxylation sites is 2. The number of benzene rings is 1. The predicted molar refractivity (Wildman–Crippen MR) is 78.5 cm³/mol. The Labute approximate surface area is 120 Å². The number of nitrogens with zero attached hydrogens (tertiary/aromatic N) is 3.